The second kappa shape index (κ2) is 7.43. The average molecular weight is 327 g/mol. The van der Waals surface area contributed by atoms with Crippen LogP contribution in [0.25, 0.3) is 0 Å². The van der Waals surface area contributed by atoms with Gasteiger partial charge in [-0.05, 0) is 45.2 Å². The lowest BCUT2D eigenvalue weighted by Gasteiger charge is -2.15. The molecule has 0 amide bonds. The zero-order valence-electron chi connectivity index (χ0n) is 11.5. The van der Waals surface area contributed by atoms with Crippen LogP contribution in [0.3, 0.4) is 0 Å². The third-order valence-corrected chi connectivity index (χ3v) is 3.56. The number of hydrogen-bond donors (Lipinski definition) is 0. The molecule has 0 bridgehead atoms. The fraction of sp³-hybridized carbons (Fsp3) is 0.467. The molecule has 19 heavy (non-hydrogen) atoms. The molecule has 0 heterocycles. The fourth-order valence-electron chi connectivity index (χ4n) is 1.80. The lowest BCUT2D eigenvalue weighted by Crippen LogP contribution is -2.27. The first kappa shape index (κ1) is 15.9. The lowest BCUT2D eigenvalue weighted by atomic mass is 9.96. The molecule has 0 aliphatic heterocycles. The largest absolute Gasteiger partial charge is 0.462 e. The van der Waals surface area contributed by atoms with E-state index in [2.05, 4.69) is 15.9 Å². The second-order valence-corrected chi connectivity index (χ2v) is 5.63. The van der Waals surface area contributed by atoms with Crippen molar-refractivity contribution in [2.75, 3.05) is 0 Å². The van der Waals surface area contributed by atoms with Crippen LogP contribution in [0.5, 0.6) is 0 Å². The van der Waals surface area contributed by atoms with E-state index in [0.29, 0.717) is 12.8 Å². The number of carbonyl (C=O) groups is 2. The van der Waals surface area contributed by atoms with Gasteiger partial charge < -0.3 is 4.74 Å². The third kappa shape index (κ3) is 5.15. The van der Waals surface area contributed by atoms with Crippen molar-refractivity contribution in [2.24, 2.45) is 5.92 Å². The molecular weight excluding hydrogens is 308 g/mol. The molecule has 1 unspecified atom stereocenters. The van der Waals surface area contributed by atoms with Crippen LogP contribution in [0.4, 0.5) is 0 Å². The molecule has 1 atom stereocenters. The van der Waals surface area contributed by atoms with Crippen molar-refractivity contribution in [3.63, 3.8) is 0 Å². The molecule has 1 rings (SSSR count). The van der Waals surface area contributed by atoms with Crippen LogP contribution < -0.4 is 0 Å². The Morgan fingerprint density at radius 3 is 2.42 bits per heavy atom. The van der Waals surface area contributed by atoms with Crippen LogP contribution in [-0.2, 0) is 20.7 Å². The molecule has 1 aromatic carbocycles. The van der Waals surface area contributed by atoms with Crippen LogP contribution in [0.2, 0.25) is 0 Å². The first-order valence-corrected chi connectivity index (χ1v) is 7.15. The van der Waals surface area contributed by atoms with Gasteiger partial charge in [0.25, 0.3) is 0 Å². The summed E-state index contributed by atoms with van der Waals surface area (Å²) in [5, 5.41) is 0. The number of esters is 1. The van der Waals surface area contributed by atoms with Gasteiger partial charge in [-0.25, -0.2) is 0 Å². The van der Waals surface area contributed by atoms with Crippen LogP contribution in [0.15, 0.2) is 28.7 Å². The number of hydrogen-bond acceptors (Lipinski definition) is 3. The van der Waals surface area contributed by atoms with Crippen LogP contribution in [-0.4, -0.2) is 17.9 Å². The Labute approximate surface area is 122 Å². The Morgan fingerprint density at radius 1 is 1.26 bits per heavy atom. The van der Waals surface area contributed by atoms with Crippen LogP contribution in [0.1, 0.15) is 32.8 Å². The predicted molar refractivity (Wildman–Crippen MR) is 77.9 cm³/mol. The number of ether oxygens (including phenoxy) is 1. The minimum Gasteiger partial charge on any atom is -0.462 e. The van der Waals surface area contributed by atoms with Crippen molar-refractivity contribution in [1.82, 2.24) is 0 Å². The van der Waals surface area contributed by atoms with Crippen molar-refractivity contribution in [2.45, 2.75) is 39.7 Å². The molecule has 104 valence electrons. The average Bonchev–Trinajstić information content (AvgIpc) is 2.30. The monoisotopic (exact) mass is 326 g/mol. The maximum atomic E-state index is 11.8. The van der Waals surface area contributed by atoms with Gasteiger partial charge in [-0.15, -0.1) is 0 Å². The Balaban J connectivity index is 2.68. The maximum Gasteiger partial charge on any atom is 0.316 e. The molecule has 0 saturated carbocycles. The number of rotatable bonds is 6. The summed E-state index contributed by atoms with van der Waals surface area (Å²) in [6, 6.07) is 7.80. The number of benzene rings is 1. The summed E-state index contributed by atoms with van der Waals surface area (Å²) < 4.78 is 6.12. The Kier molecular flexibility index (Phi) is 6.22. The van der Waals surface area contributed by atoms with Crippen molar-refractivity contribution >= 4 is 27.7 Å². The van der Waals surface area contributed by atoms with E-state index in [0.717, 1.165) is 10.0 Å². The highest BCUT2D eigenvalue weighted by Gasteiger charge is 2.25. The van der Waals surface area contributed by atoms with Gasteiger partial charge in [-0.3, -0.25) is 9.59 Å². The molecule has 1 aromatic rings. The Morgan fingerprint density at radius 2 is 1.89 bits per heavy atom. The minimum absolute atomic E-state index is 0.141. The smallest absolute Gasteiger partial charge is 0.316 e. The Hall–Kier alpha value is -1.16. The molecule has 3 nitrogen and oxygen atoms in total. The number of aryl methyl sites for hydroxylation is 1. The van der Waals surface area contributed by atoms with Gasteiger partial charge in [0.15, 0.2) is 0 Å². The summed E-state index contributed by atoms with van der Waals surface area (Å²) in [6.45, 7) is 5.00. The van der Waals surface area contributed by atoms with Crippen molar-refractivity contribution < 1.29 is 14.3 Å². The highest BCUT2D eigenvalue weighted by Crippen LogP contribution is 2.20. The summed E-state index contributed by atoms with van der Waals surface area (Å²) in [7, 11) is 0. The van der Waals surface area contributed by atoms with E-state index in [1.165, 1.54) is 6.92 Å². The molecule has 0 spiro atoms. The molecule has 0 aromatic heterocycles. The standard InChI is InChI=1S/C15H19BrO3/c1-10(2)19-15(18)13(11(3)17)9-8-12-6-4-5-7-14(12)16/h4-7,10,13H,8-9H2,1-3H3. The SMILES string of the molecule is CC(=O)C(CCc1ccccc1Br)C(=O)OC(C)C. The Bertz CT molecular complexity index is 454. The summed E-state index contributed by atoms with van der Waals surface area (Å²) in [4.78, 5) is 23.4. The van der Waals surface area contributed by atoms with Gasteiger partial charge >= 0.3 is 5.97 Å². The molecule has 0 aliphatic carbocycles. The lowest BCUT2D eigenvalue weighted by molar-refractivity contribution is -0.155. The first-order valence-electron chi connectivity index (χ1n) is 6.36. The van der Waals surface area contributed by atoms with E-state index in [4.69, 9.17) is 4.74 Å². The molecule has 0 saturated heterocycles. The quantitative estimate of drug-likeness (QED) is 0.593. The van der Waals surface area contributed by atoms with Crippen molar-refractivity contribution in [3.8, 4) is 0 Å². The van der Waals surface area contributed by atoms with Gasteiger partial charge in [0.05, 0.1) is 6.10 Å². The van der Waals surface area contributed by atoms with E-state index >= 15 is 0 Å². The van der Waals surface area contributed by atoms with Gasteiger partial charge in [0, 0.05) is 4.47 Å². The minimum atomic E-state index is -0.672. The van der Waals surface area contributed by atoms with Gasteiger partial charge in [0.2, 0.25) is 0 Å². The second-order valence-electron chi connectivity index (χ2n) is 4.78. The van der Waals surface area contributed by atoms with Crippen LogP contribution >= 0.6 is 15.9 Å². The van der Waals surface area contributed by atoms with E-state index < -0.39 is 11.9 Å². The maximum absolute atomic E-state index is 11.8. The predicted octanol–water partition coefficient (Wildman–Crippen LogP) is 3.54. The summed E-state index contributed by atoms with van der Waals surface area (Å²) in [6.07, 6.45) is 0.945. The van der Waals surface area contributed by atoms with E-state index in [9.17, 15) is 9.59 Å². The van der Waals surface area contributed by atoms with E-state index in [1.54, 1.807) is 13.8 Å². The number of halogens is 1. The van der Waals surface area contributed by atoms with E-state index in [-0.39, 0.29) is 11.9 Å². The zero-order valence-corrected chi connectivity index (χ0v) is 13.1. The number of carbonyl (C=O) groups excluding carboxylic acids is 2. The van der Waals surface area contributed by atoms with E-state index in [1.807, 2.05) is 24.3 Å². The van der Waals surface area contributed by atoms with Crippen molar-refractivity contribution in [3.05, 3.63) is 34.3 Å². The zero-order chi connectivity index (χ0) is 14.4. The third-order valence-electron chi connectivity index (χ3n) is 2.79. The van der Waals surface area contributed by atoms with Gasteiger partial charge in [-0.2, -0.15) is 0 Å². The molecule has 0 fully saturated rings. The molecule has 0 aliphatic rings. The first-order chi connectivity index (χ1) is 8.91. The normalized spacial score (nSPS) is 12.3. The summed E-state index contributed by atoms with van der Waals surface area (Å²) >= 11 is 3.46. The molecule has 0 radical (unpaired) electrons. The highest BCUT2D eigenvalue weighted by atomic mass is 79.9. The van der Waals surface area contributed by atoms with Gasteiger partial charge in [0.1, 0.15) is 11.7 Å². The molecule has 0 N–H and O–H groups in total. The van der Waals surface area contributed by atoms with Crippen LogP contribution in [0, 0.1) is 5.92 Å². The summed E-state index contributed by atoms with van der Waals surface area (Å²) in [5.41, 5.74) is 1.09. The van der Waals surface area contributed by atoms with Gasteiger partial charge in [-0.1, -0.05) is 34.1 Å². The number of Topliss-reactive ketones (excluding diaryl/α,β-unsaturated/α-hetero) is 1. The topological polar surface area (TPSA) is 43.4 Å². The highest BCUT2D eigenvalue weighted by molar-refractivity contribution is 9.10. The molecule has 4 heteroatoms. The number of ketones is 1. The molecular formula is C15H19BrO3. The van der Waals surface area contributed by atoms with Crippen molar-refractivity contribution in [1.29, 1.82) is 0 Å². The fourth-order valence-corrected chi connectivity index (χ4v) is 2.29. The summed E-state index contributed by atoms with van der Waals surface area (Å²) in [5.74, 6) is -1.23.